The predicted octanol–water partition coefficient (Wildman–Crippen LogP) is 2.05. The van der Waals surface area contributed by atoms with E-state index < -0.39 is 0 Å². The summed E-state index contributed by atoms with van der Waals surface area (Å²) in [6.45, 7) is 1.98. The van der Waals surface area contributed by atoms with Crippen molar-refractivity contribution in [2.45, 2.75) is 12.0 Å². The van der Waals surface area contributed by atoms with E-state index in [2.05, 4.69) is 10.3 Å². The molecule has 0 aliphatic carbocycles. The number of ether oxygens (including phenoxy) is 2. The van der Waals surface area contributed by atoms with Gasteiger partial charge in [-0.05, 0) is 12.1 Å². The number of para-hydroxylation sites is 2. The molecule has 1 N–H and O–H groups in total. The van der Waals surface area contributed by atoms with Crippen LogP contribution in [-0.2, 0) is 9.47 Å². The Bertz CT molecular complexity index is 499. The minimum atomic E-state index is -0.263. The van der Waals surface area contributed by atoms with Crippen LogP contribution in [0.3, 0.4) is 0 Å². The van der Waals surface area contributed by atoms with Gasteiger partial charge in [-0.1, -0.05) is 12.1 Å². The molecular weight excluding hydrogens is 232 g/mol. The van der Waals surface area contributed by atoms with Crippen LogP contribution in [0, 0.1) is 0 Å². The maximum absolute atomic E-state index is 5.60. The summed E-state index contributed by atoms with van der Waals surface area (Å²) >= 11 is 0. The fourth-order valence-electron chi connectivity index (χ4n) is 2.15. The standard InChI is InChI=1S/C13H16N2O3/c1-16-13(6-7-17-9-13)8-14-12-15-10-4-2-3-5-11(10)18-12/h2-5H,6-9H2,1H3,(H,14,15). The lowest BCUT2D eigenvalue weighted by Gasteiger charge is -2.25. The zero-order valence-electron chi connectivity index (χ0n) is 10.3. The molecule has 5 nitrogen and oxygen atoms in total. The molecule has 1 aromatic carbocycles. The number of fused-ring (bicyclic) bond motifs is 1. The lowest BCUT2D eigenvalue weighted by atomic mass is 10.0. The zero-order chi connectivity index (χ0) is 12.4. The fraction of sp³-hybridized carbons (Fsp3) is 0.462. The average Bonchev–Trinajstić information content (AvgIpc) is 3.03. The van der Waals surface area contributed by atoms with Gasteiger partial charge in [0.1, 0.15) is 11.1 Å². The number of methoxy groups -OCH3 is 1. The molecular formula is C13H16N2O3. The van der Waals surface area contributed by atoms with Crippen LogP contribution in [0.4, 0.5) is 6.01 Å². The van der Waals surface area contributed by atoms with Crippen molar-refractivity contribution >= 4 is 17.1 Å². The molecule has 1 saturated heterocycles. The molecule has 3 rings (SSSR count). The van der Waals surface area contributed by atoms with Gasteiger partial charge in [0.15, 0.2) is 5.58 Å². The molecule has 18 heavy (non-hydrogen) atoms. The second-order valence-corrected chi connectivity index (χ2v) is 4.53. The summed E-state index contributed by atoms with van der Waals surface area (Å²) in [5, 5.41) is 3.18. The van der Waals surface area contributed by atoms with Crippen molar-refractivity contribution in [1.82, 2.24) is 4.98 Å². The summed E-state index contributed by atoms with van der Waals surface area (Å²) in [6, 6.07) is 8.22. The van der Waals surface area contributed by atoms with Crippen LogP contribution in [0.25, 0.3) is 11.1 Å². The molecule has 0 saturated carbocycles. The first kappa shape index (κ1) is 11.5. The predicted molar refractivity (Wildman–Crippen MR) is 67.7 cm³/mol. The van der Waals surface area contributed by atoms with E-state index in [1.54, 1.807) is 7.11 Å². The molecule has 2 heterocycles. The van der Waals surface area contributed by atoms with E-state index in [9.17, 15) is 0 Å². The number of oxazole rings is 1. The Balaban J connectivity index is 1.72. The quantitative estimate of drug-likeness (QED) is 0.897. The highest BCUT2D eigenvalue weighted by Crippen LogP contribution is 2.24. The molecule has 1 unspecified atom stereocenters. The summed E-state index contributed by atoms with van der Waals surface area (Å²) in [7, 11) is 1.71. The van der Waals surface area contributed by atoms with Gasteiger partial charge in [0.2, 0.25) is 0 Å². The summed E-state index contributed by atoms with van der Waals surface area (Å²) in [4.78, 5) is 4.36. The normalized spacial score (nSPS) is 23.6. The third-order valence-electron chi connectivity index (χ3n) is 3.36. The molecule has 0 spiro atoms. The molecule has 1 aliphatic rings. The minimum absolute atomic E-state index is 0.263. The lowest BCUT2D eigenvalue weighted by molar-refractivity contribution is -0.00651. The molecule has 0 radical (unpaired) electrons. The summed E-state index contributed by atoms with van der Waals surface area (Å²) in [5.74, 6) is 0. The molecule has 1 aromatic heterocycles. The van der Waals surface area contributed by atoms with Gasteiger partial charge in [-0.3, -0.25) is 0 Å². The van der Waals surface area contributed by atoms with Crippen molar-refractivity contribution in [3.05, 3.63) is 24.3 Å². The highest BCUT2D eigenvalue weighted by atomic mass is 16.5. The monoisotopic (exact) mass is 248 g/mol. The van der Waals surface area contributed by atoms with Crippen LogP contribution in [0.2, 0.25) is 0 Å². The second kappa shape index (κ2) is 4.59. The molecule has 1 fully saturated rings. The van der Waals surface area contributed by atoms with Crippen molar-refractivity contribution in [3.8, 4) is 0 Å². The fourth-order valence-corrected chi connectivity index (χ4v) is 2.15. The van der Waals surface area contributed by atoms with Crippen LogP contribution in [0.15, 0.2) is 28.7 Å². The average molecular weight is 248 g/mol. The summed E-state index contributed by atoms with van der Waals surface area (Å²) in [6.07, 6.45) is 0.886. The first-order valence-corrected chi connectivity index (χ1v) is 6.04. The molecule has 5 heteroatoms. The van der Waals surface area contributed by atoms with Crippen molar-refractivity contribution in [1.29, 1.82) is 0 Å². The number of nitrogens with one attached hydrogen (secondary N) is 1. The van der Waals surface area contributed by atoms with Crippen molar-refractivity contribution in [2.24, 2.45) is 0 Å². The lowest BCUT2D eigenvalue weighted by Crippen LogP contribution is -2.39. The van der Waals surface area contributed by atoms with Crippen LogP contribution in [0.5, 0.6) is 0 Å². The number of nitrogens with zero attached hydrogens (tertiary/aromatic N) is 1. The van der Waals surface area contributed by atoms with Crippen LogP contribution in [0.1, 0.15) is 6.42 Å². The molecule has 0 bridgehead atoms. The van der Waals surface area contributed by atoms with E-state index in [0.29, 0.717) is 19.2 Å². The van der Waals surface area contributed by atoms with E-state index in [0.717, 1.165) is 24.1 Å². The Morgan fingerprint density at radius 2 is 2.33 bits per heavy atom. The Morgan fingerprint density at radius 3 is 3.06 bits per heavy atom. The largest absolute Gasteiger partial charge is 0.424 e. The van der Waals surface area contributed by atoms with Crippen molar-refractivity contribution in [3.63, 3.8) is 0 Å². The molecule has 1 atom stereocenters. The van der Waals surface area contributed by atoms with Gasteiger partial charge in [0.05, 0.1) is 13.2 Å². The Morgan fingerprint density at radius 1 is 1.44 bits per heavy atom. The van der Waals surface area contributed by atoms with Gasteiger partial charge < -0.3 is 19.2 Å². The maximum atomic E-state index is 5.60. The SMILES string of the molecule is COC1(CNc2nc3ccccc3o2)CCOC1. The van der Waals surface area contributed by atoms with Gasteiger partial charge in [-0.25, -0.2) is 0 Å². The van der Waals surface area contributed by atoms with Crippen molar-refractivity contribution in [2.75, 3.05) is 32.2 Å². The first-order valence-electron chi connectivity index (χ1n) is 6.04. The van der Waals surface area contributed by atoms with Gasteiger partial charge in [-0.15, -0.1) is 0 Å². The minimum Gasteiger partial charge on any atom is -0.424 e. The van der Waals surface area contributed by atoms with Gasteiger partial charge in [0.25, 0.3) is 6.01 Å². The van der Waals surface area contributed by atoms with Gasteiger partial charge >= 0.3 is 0 Å². The number of aromatic nitrogens is 1. The maximum Gasteiger partial charge on any atom is 0.295 e. The Labute approximate surface area is 105 Å². The second-order valence-electron chi connectivity index (χ2n) is 4.53. The number of hydrogen-bond donors (Lipinski definition) is 1. The Hall–Kier alpha value is -1.59. The number of rotatable bonds is 4. The number of benzene rings is 1. The topological polar surface area (TPSA) is 56.5 Å². The summed E-state index contributed by atoms with van der Waals surface area (Å²) < 4.78 is 16.5. The highest BCUT2D eigenvalue weighted by Gasteiger charge is 2.35. The first-order chi connectivity index (χ1) is 8.81. The van der Waals surface area contributed by atoms with Crippen LogP contribution >= 0.6 is 0 Å². The summed E-state index contributed by atoms with van der Waals surface area (Å²) in [5.41, 5.74) is 1.38. The van der Waals surface area contributed by atoms with E-state index in [4.69, 9.17) is 13.9 Å². The third-order valence-corrected chi connectivity index (χ3v) is 3.36. The molecule has 2 aromatic rings. The highest BCUT2D eigenvalue weighted by molar-refractivity contribution is 5.74. The van der Waals surface area contributed by atoms with Crippen LogP contribution < -0.4 is 5.32 Å². The van der Waals surface area contributed by atoms with E-state index in [-0.39, 0.29) is 5.60 Å². The molecule has 96 valence electrons. The van der Waals surface area contributed by atoms with E-state index in [1.807, 2.05) is 24.3 Å². The molecule has 0 amide bonds. The Kier molecular flexibility index (Phi) is 2.93. The van der Waals surface area contributed by atoms with Crippen LogP contribution in [-0.4, -0.2) is 37.5 Å². The molecule has 1 aliphatic heterocycles. The number of anilines is 1. The zero-order valence-corrected chi connectivity index (χ0v) is 10.3. The smallest absolute Gasteiger partial charge is 0.295 e. The van der Waals surface area contributed by atoms with E-state index >= 15 is 0 Å². The van der Waals surface area contributed by atoms with Gasteiger partial charge in [-0.2, -0.15) is 4.98 Å². The van der Waals surface area contributed by atoms with Crippen molar-refractivity contribution < 1.29 is 13.9 Å². The third kappa shape index (κ3) is 2.07. The van der Waals surface area contributed by atoms with Gasteiger partial charge in [0, 0.05) is 20.1 Å². The van der Waals surface area contributed by atoms with E-state index in [1.165, 1.54) is 0 Å². The number of hydrogen-bond acceptors (Lipinski definition) is 5.